The first-order valence-electron chi connectivity index (χ1n) is 10.5. The Kier molecular flexibility index (Phi) is 5.32. The molecule has 0 radical (unpaired) electrons. The van der Waals surface area contributed by atoms with Crippen LogP contribution in [0, 0.1) is 5.92 Å². The van der Waals surface area contributed by atoms with E-state index >= 15 is 0 Å². The molecule has 1 amide bonds. The molecule has 1 aliphatic carbocycles. The standard InChI is InChI=1S/C22H33N3O/c1-23-13-11-22(12-14-23,20-9-3-2-4-10-20)25-17-15-24(16-18-25)21(26)19-7-5-6-8-19/h2-4,9-10,19H,5-8,11-18H2,1H3. The lowest BCUT2D eigenvalue weighted by atomic mass is 9.79. The van der Waals surface area contributed by atoms with Crippen molar-refractivity contribution in [2.24, 2.45) is 5.92 Å². The Bertz CT molecular complexity index is 595. The Labute approximate surface area is 158 Å². The van der Waals surface area contributed by atoms with Crippen LogP contribution >= 0.6 is 0 Å². The molecule has 142 valence electrons. The highest BCUT2D eigenvalue weighted by Gasteiger charge is 2.42. The monoisotopic (exact) mass is 355 g/mol. The Morgan fingerprint density at radius 3 is 2.15 bits per heavy atom. The lowest BCUT2D eigenvalue weighted by Gasteiger charge is -2.51. The fourth-order valence-electron chi connectivity index (χ4n) is 5.31. The molecule has 26 heavy (non-hydrogen) atoms. The van der Waals surface area contributed by atoms with Crippen LogP contribution in [0.25, 0.3) is 0 Å². The molecule has 1 aromatic rings. The van der Waals surface area contributed by atoms with E-state index in [4.69, 9.17) is 0 Å². The van der Waals surface area contributed by atoms with Gasteiger partial charge in [-0.1, -0.05) is 43.2 Å². The fourth-order valence-corrected chi connectivity index (χ4v) is 5.31. The molecule has 0 spiro atoms. The predicted molar refractivity (Wildman–Crippen MR) is 105 cm³/mol. The zero-order valence-electron chi connectivity index (χ0n) is 16.2. The molecule has 4 nitrogen and oxygen atoms in total. The van der Waals surface area contributed by atoms with E-state index in [9.17, 15) is 4.79 Å². The highest BCUT2D eigenvalue weighted by molar-refractivity contribution is 5.79. The first kappa shape index (κ1) is 18.0. The summed E-state index contributed by atoms with van der Waals surface area (Å²) in [5, 5.41) is 0. The zero-order chi connectivity index (χ0) is 18.0. The van der Waals surface area contributed by atoms with Gasteiger partial charge in [-0.15, -0.1) is 0 Å². The van der Waals surface area contributed by atoms with E-state index in [2.05, 4.69) is 52.1 Å². The Morgan fingerprint density at radius 2 is 1.54 bits per heavy atom. The third-order valence-corrected chi connectivity index (χ3v) is 7.03. The van der Waals surface area contributed by atoms with E-state index in [1.165, 1.54) is 31.2 Å². The van der Waals surface area contributed by atoms with Crippen LogP contribution in [0.2, 0.25) is 0 Å². The second-order valence-corrected chi connectivity index (χ2v) is 8.49. The highest BCUT2D eigenvalue weighted by atomic mass is 16.2. The first-order chi connectivity index (χ1) is 12.7. The van der Waals surface area contributed by atoms with Gasteiger partial charge >= 0.3 is 0 Å². The lowest BCUT2D eigenvalue weighted by molar-refractivity contribution is -0.138. The zero-order valence-corrected chi connectivity index (χ0v) is 16.2. The summed E-state index contributed by atoms with van der Waals surface area (Å²) in [5.74, 6) is 0.743. The van der Waals surface area contributed by atoms with Gasteiger partial charge in [0, 0.05) is 37.6 Å². The van der Waals surface area contributed by atoms with Gasteiger partial charge in [-0.25, -0.2) is 0 Å². The van der Waals surface area contributed by atoms with Crippen molar-refractivity contribution in [1.82, 2.24) is 14.7 Å². The van der Waals surface area contributed by atoms with Crippen LogP contribution in [-0.4, -0.2) is 66.9 Å². The maximum Gasteiger partial charge on any atom is 0.225 e. The summed E-state index contributed by atoms with van der Waals surface area (Å²) < 4.78 is 0. The summed E-state index contributed by atoms with van der Waals surface area (Å²) in [4.78, 5) is 20.1. The summed E-state index contributed by atoms with van der Waals surface area (Å²) >= 11 is 0. The maximum absolute atomic E-state index is 12.8. The van der Waals surface area contributed by atoms with Gasteiger partial charge < -0.3 is 9.80 Å². The van der Waals surface area contributed by atoms with Crippen LogP contribution in [0.3, 0.4) is 0 Å². The Hall–Kier alpha value is -1.39. The minimum Gasteiger partial charge on any atom is -0.340 e. The number of piperazine rings is 1. The van der Waals surface area contributed by atoms with Gasteiger partial charge in [0.1, 0.15) is 0 Å². The summed E-state index contributed by atoms with van der Waals surface area (Å²) in [5.41, 5.74) is 1.61. The number of hydrogen-bond acceptors (Lipinski definition) is 3. The van der Waals surface area contributed by atoms with Crippen LogP contribution in [0.4, 0.5) is 0 Å². The van der Waals surface area contributed by atoms with E-state index in [1.54, 1.807) is 0 Å². The largest absolute Gasteiger partial charge is 0.340 e. The summed E-state index contributed by atoms with van der Waals surface area (Å²) in [6, 6.07) is 11.1. The fraction of sp³-hybridized carbons (Fsp3) is 0.682. The molecule has 4 heteroatoms. The molecule has 2 aliphatic heterocycles. The van der Waals surface area contributed by atoms with Crippen molar-refractivity contribution in [2.45, 2.75) is 44.1 Å². The number of amides is 1. The van der Waals surface area contributed by atoms with Gasteiger partial charge in [0.15, 0.2) is 0 Å². The van der Waals surface area contributed by atoms with Crippen molar-refractivity contribution in [3.8, 4) is 0 Å². The van der Waals surface area contributed by atoms with Crippen LogP contribution in [0.5, 0.6) is 0 Å². The topological polar surface area (TPSA) is 26.8 Å². The number of nitrogens with zero attached hydrogens (tertiary/aromatic N) is 3. The average molecular weight is 356 g/mol. The summed E-state index contributed by atoms with van der Waals surface area (Å²) in [7, 11) is 2.23. The quantitative estimate of drug-likeness (QED) is 0.834. The molecular weight excluding hydrogens is 322 g/mol. The second-order valence-electron chi connectivity index (χ2n) is 8.49. The second kappa shape index (κ2) is 7.69. The summed E-state index contributed by atoms with van der Waals surface area (Å²) in [6.07, 6.45) is 7.06. The molecule has 0 N–H and O–H groups in total. The smallest absolute Gasteiger partial charge is 0.225 e. The van der Waals surface area contributed by atoms with E-state index in [1.807, 2.05) is 0 Å². The van der Waals surface area contributed by atoms with Crippen molar-refractivity contribution in [3.05, 3.63) is 35.9 Å². The van der Waals surface area contributed by atoms with Gasteiger partial charge in [-0.3, -0.25) is 9.69 Å². The number of piperidine rings is 1. The average Bonchev–Trinajstić information content (AvgIpc) is 3.24. The number of benzene rings is 1. The normalized spacial score (nSPS) is 25.5. The molecule has 1 aromatic carbocycles. The van der Waals surface area contributed by atoms with E-state index in [0.717, 1.165) is 52.1 Å². The molecule has 3 fully saturated rings. The third-order valence-electron chi connectivity index (χ3n) is 7.03. The third kappa shape index (κ3) is 3.41. The van der Waals surface area contributed by atoms with Gasteiger partial charge in [-0.05, 0) is 51.4 Å². The number of hydrogen-bond donors (Lipinski definition) is 0. The molecular formula is C22H33N3O. The highest BCUT2D eigenvalue weighted by Crippen LogP contribution is 2.39. The Morgan fingerprint density at radius 1 is 0.923 bits per heavy atom. The first-order valence-corrected chi connectivity index (χ1v) is 10.5. The van der Waals surface area contributed by atoms with Crippen molar-refractivity contribution >= 4 is 5.91 Å². The van der Waals surface area contributed by atoms with Gasteiger partial charge in [0.05, 0.1) is 0 Å². The van der Waals surface area contributed by atoms with Crippen molar-refractivity contribution in [2.75, 3.05) is 46.3 Å². The molecule has 3 aliphatic rings. The van der Waals surface area contributed by atoms with Gasteiger partial charge in [0.2, 0.25) is 5.91 Å². The number of likely N-dealkylation sites (tertiary alicyclic amines) is 1. The van der Waals surface area contributed by atoms with Crippen LogP contribution in [0.1, 0.15) is 44.1 Å². The van der Waals surface area contributed by atoms with E-state index < -0.39 is 0 Å². The van der Waals surface area contributed by atoms with Crippen molar-refractivity contribution < 1.29 is 4.79 Å². The van der Waals surface area contributed by atoms with Crippen LogP contribution in [-0.2, 0) is 10.3 Å². The molecule has 0 unspecified atom stereocenters. The van der Waals surface area contributed by atoms with E-state index in [-0.39, 0.29) is 5.54 Å². The molecule has 1 saturated carbocycles. The number of carbonyl (C=O) groups excluding carboxylic acids is 1. The molecule has 2 saturated heterocycles. The summed E-state index contributed by atoms with van der Waals surface area (Å²) in [6.45, 7) is 6.12. The molecule has 0 atom stereocenters. The molecule has 0 aromatic heterocycles. The molecule has 4 rings (SSSR count). The lowest BCUT2D eigenvalue weighted by Crippen LogP contribution is -2.59. The van der Waals surface area contributed by atoms with Gasteiger partial charge in [-0.2, -0.15) is 0 Å². The minimum absolute atomic E-state index is 0.149. The predicted octanol–water partition coefficient (Wildman–Crippen LogP) is 2.94. The number of carbonyl (C=O) groups is 1. The molecule has 0 bridgehead atoms. The number of rotatable bonds is 3. The van der Waals surface area contributed by atoms with E-state index in [0.29, 0.717) is 11.8 Å². The maximum atomic E-state index is 12.8. The van der Waals surface area contributed by atoms with Crippen molar-refractivity contribution in [3.63, 3.8) is 0 Å². The van der Waals surface area contributed by atoms with Crippen LogP contribution in [0.15, 0.2) is 30.3 Å². The van der Waals surface area contributed by atoms with Gasteiger partial charge in [0.25, 0.3) is 0 Å². The van der Waals surface area contributed by atoms with Crippen molar-refractivity contribution in [1.29, 1.82) is 0 Å². The SMILES string of the molecule is CN1CCC(c2ccccc2)(N2CCN(C(=O)C3CCCC3)CC2)CC1. The molecule has 2 heterocycles. The van der Waals surface area contributed by atoms with Crippen LogP contribution < -0.4 is 0 Å². The minimum atomic E-state index is 0.149. The Balaban J connectivity index is 1.47.